The number of carboxylic acids is 1. The monoisotopic (exact) mass is 257 g/mol. The Bertz CT molecular complexity index is 313. The first-order valence-electron chi connectivity index (χ1n) is 6.11. The molecule has 102 valence electrons. The third kappa shape index (κ3) is 6.07. The highest BCUT2D eigenvalue weighted by molar-refractivity contribution is 5.86. The SMILES string of the molecule is O=C(O)CNC(=O)CNC(=O)NC1CCCCC1. The zero-order chi connectivity index (χ0) is 13.4. The lowest BCUT2D eigenvalue weighted by Gasteiger charge is -2.22. The molecule has 0 saturated heterocycles. The summed E-state index contributed by atoms with van der Waals surface area (Å²) >= 11 is 0. The Morgan fingerprint density at radius 3 is 2.28 bits per heavy atom. The van der Waals surface area contributed by atoms with E-state index in [1.807, 2.05) is 0 Å². The molecule has 0 spiro atoms. The fraction of sp³-hybridized carbons (Fsp3) is 0.727. The fourth-order valence-corrected chi connectivity index (χ4v) is 1.88. The van der Waals surface area contributed by atoms with Gasteiger partial charge in [-0.2, -0.15) is 0 Å². The van der Waals surface area contributed by atoms with Crippen molar-refractivity contribution in [3.63, 3.8) is 0 Å². The number of carbonyl (C=O) groups excluding carboxylic acids is 2. The number of carbonyl (C=O) groups is 3. The minimum Gasteiger partial charge on any atom is -0.480 e. The normalized spacial score (nSPS) is 15.8. The molecule has 1 aliphatic rings. The molecule has 0 aromatic heterocycles. The summed E-state index contributed by atoms with van der Waals surface area (Å²) in [6, 6.07) is -0.201. The van der Waals surface area contributed by atoms with Crippen LogP contribution >= 0.6 is 0 Å². The van der Waals surface area contributed by atoms with Gasteiger partial charge in [0.25, 0.3) is 0 Å². The van der Waals surface area contributed by atoms with Crippen LogP contribution < -0.4 is 16.0 Å². The van der Waals surface area contributed by atoms with Crippen molar-refractivity contribution in [2.24, 2.45) is 0 Å². The van der Waals surface area contributed by atoms with Crippen LogP contribution in [0.1, 0.15) is 32.1 Å². The maximum atomic E-state index is 11.4. The molecule has 1 saturated carbocycles. The smallest absolute Gasteiger partial charge is 0.322 e. The van der Waals surface area contributed by atoms with Gasteiger partial charge in [0.15, 0.2) is 0 Å². The van der Waals surface area contributed by atoms with Crippen molar-refractivity contribution < 1.29 is 19.5 Å². The van der Waals surface area contributed by atoms with Crippen LogP contribution in [0, 0.1) is 0 Å². The molecule has 0 atom stereocenters. The number of carboxylic acid groups (broad SMARTS) is 1. The Morgan fingerprint density at radius 1 is 1.00 bits per heavy atom. The number of hydrogen-bond acceptors (Lipinski definition) is 3. The summed E-state index contributed by atoms with van der Waals surface area (Å²) < 4.78 is 0. The molecular weight excluding hydrogens is 238 g/mol. The van der Waals surface area contributed by atoms with E-state index in [-0.39, 0.29) is 18.6 Å². The maximum Gasteiger partial charge on any atom is 0.322 e. The Hall–Kier alpha value is -1.79. The molecule has 0 aromatic rings. The van der Waals surface area contributed by atoms with Crippen LogP contribution in [-0.4, -0.2) is 42.1 Å². The number of aliphatic carboxylic acids is 1. The Labute approximate surface area is 105 Å². The van der Waals surface area contributed by atoms with Crippen LogP contribution in [0.5, 0.6) is 0 Å². The fourth-order valence-electron chi connectivity index (χ4n) is 1.88. The summed E-state index contributed by atoms with van der Waals surface area (Å²) in [7, 11) is 0. The first-order valence-corrected chi connectivity index (χ1v) is 6.11. The van der Waals surface area contributed by atoms with Crippen molar-refractivity contribution in [3.05, 3.63) is 0 Å². The van der Waals surface area contributed by atoms with E-state index in [1.165, 1.54) is 6.42 Å². The van der Waals surface area contributed by atoms with Crippen molar-refractivity contribution in [1.82, 2.24) is 16.0 Å². The maximum absolute atomic E-state index is 11.4. The lowest BCUT2D eigenvalue weighted by molar-refractivity contribution is -0.137. The summed E-state index contributed by atoms with van der Waals surface area (Å²) in [4.78, 5) is 32.8. The van der Waals surface area contributed by atoms with Crippen LogP contribution in [0.4, 0.5) is 4.79 Å². The number of nitrogens with one attached hydrogen (secondary N) is 3. The number of hydrogen-bond donors (Lipinski definition) is 4. The molecule has 1 rings (SSSR count). The predicted octanol–water partition coefficient (Wildman–Crippen LogP) is -0.181. The highest BCUT2D eigenvalue weighted by Crippen LogP contribution is 2.16. The topological polar surface area (TPSA) is 108 Å². The van der Waals surface area contributed by atoms with Gasteiger partial charge in [0, 0.05) is 6.04 Å². The predicted molar refractivity (Wildman–Crippen MR) is 64.1 cm³/mol. The molecule has 7 nitrogen and oxygen atoms in total. The third-order valence-electron chi connectivity index (χ3n) is 2.79. The van der Waals surface area contributed by atoms with E-state index in [1.54, 1.807) is 0 Å². The third-order valence-corrected chi connectivity index (χ3v) is 2.79. The van der Waals surface area contributed by atoms with Crippen LogP contribution in [-0.2, 0) is 9.59 Å². The summed E-state index contributed by atoms with van der Waals surface area (Å²) in [5, 5.41) is 15.7. The minimum absolute atomic E-state index is 0.181. The van der Waals surface area contributed by atoms with Crippen LogP contribution in [0.2, 0.25) is 0 Å². The molecule has 4 N–H and O–H groups in total. The van der Waals surface area contributed by atoms with Crippen LogP contribution in [0.3, 0.4) is 0 Å². The molecule has 0 aromatic carbocycles. The lowest BCUT2D eigenvalue weighted by Crippen LogP contribution is -2.46. The Balaban J connectivity index is 2.12. The van der Waals surface area contributed by atoms with Gasteiger partial charge in [0.1, 0.15) is 6.54 Å². The van der Waals surface area contributed by atoms with Gasteiger partial charge < -0.3 is 21.1 Å². The lowest BCUT2D eigenvalue weighted by atomic mass is 9.96. The zero-order valence-corrected chi connectivity index (χ0v) is 10.2. The van der Waals surface area contributed by atoms with E-state index in [0.717, 1.165) is 25.7 Å². The number of rotatable bonds is 5. The zero-order valence-electron chi connectivity index (χ0n) is 10.2. The van der Waals surface area contributed by atoms with E-state index in [0.29, 0.717) is 0 Å². The molecule has 0 unspecified atom stereocenters. The summed E-state index contributed by atoms with van der Waals surface area (Å²) in [6.07, 6.45) is 5.38. The quantitative estimate of drug-likeness (QED) is 0.548. The average molecular weight is 257 g/mol. The van der Waals surface area contributed by atoms with Crippen molar-refractivity contribution in [1.29, 1.82) is 0 Å². The molecule has 18 heavy (non-hydrogen) atoms. The highest BCUT2D eigenvalue weighted by atomic mass is 16.4. The van der Waals surface area contributed by atoms with Gasteiger partial charge in [0.05, 0.1) is 6.54 Å². The van der Waals surface area contributed by atoms with Crippen LogP contribution in [0.15, 0.2) is 0 Å². The molecule has 1 aliphatic carbocycles. The number of urea groups is 1. The average Bonchev–Trinajstić information content (AvgIpc) is 2.35. The molecular formula is C11H19N3O4. The van der Waals surface area contributed by atoms with Crippen molar-refractivity contribution in [3.8, 4) is 0 Å². The molecule has 0 heterocycles. The highest BCUT2D eigenvalue weighted by Gasteiger charge is 2.15. The van der Waals surface area contributed by atoms with E-state index >= 15 is 0 Å². The summed E-state index contributed by atoms with van der Waals surface area (Å²) in [6.45, 7) is -0.656. The molecule has 0 radical (unpaired) electrons. The van der Waals surface area contributed by atoms with E-state index < -0.39 is 18.4 Å². The van der Waals surface area contributed by atoms with Gasteiger partial charge in [0.2, 0.25) is 5.91 Å². The molecule has 1 fully saturated rings. The molecule has 0 aliphatic heterocycles. The largest absolute Gasteiger partial charge is 0.480 e. The molecule has 3 amide bonds. The second kappa shape index (κ2) is 7.52. The summed E-state index contributed by atoms with van der Waals surface area (Å²) in [5.41, 5.74) is 0. The second-order valence-corrected chi connectivity index (χ2v) is 4.33. The summed E-state index contributed by atoms with van der Waals surface area (Å²) in [5.74, 6) is -1.63. The minimum atomic E-state index is -1.12. The van der Waals surface area contributed by atoms with Gasteiger partial charge in [-0.25, -0.2) is 4.79 Å². The van der Waals surface area contributed by atoms with Crippen molar-refractivity contribution in [2.75, 3.05) is 13.1 Å². The van der Waals surface area contributed by atoms with E-state index in [4.69, 9.17) is 5.11 Å². The van der Waals surface area contributed by atoms with Crippen molar-refractivity contribution in [2.45, 2.75) is 38.1 Å². The van der Waals surface area contributed by atoms with Crippen molar-refractivity contribution >= 4 is 17.9 Å². The van der Waals surface area contributed by atoms with Gasteiger partial charge >= 0.3 is 12.0 Å². The first-order chi connectivity index (χ1) is 8.58. The Morgan fingerprint density at radius 2 is 1.67 bits per heavy atom. The van der Waals surface area contributed by atoms with E-state index in [2.05, 4.69) is 16.0 Å². The van der Waals surface area contributed by atoms with Gasteiger partial charge in [-0.1, -0.05) is 19.3 Å². The molecule has 0 bridgehead atoms. The molecule has 7 heteroatoms. The Kier molecular flexibility index (Phi) is 5.96. The first kappa shape index (κ1) is 14.3. The van der Waals surface area contributed by atoms with Crippen LogP contribution in [0.25, 0.3) is 0 Å². The van der Waals surface area contributed by atoms with E-state index in [9.17, 15) is 14.4 Å². The standard InChI is InChI=1S/C11H19N3O4/c15-9(12-7-10(16)17)6-13-11(18)14-8-4-2-1-3-5-8/h8H,1-7H2,(H,12,15)(H,16,17)(H2,13,14,18). The van der Waals surface area contributed by atoms with Gasteiger partial charge in [-0.05, 0) is 12.8 Å². The van der Waals surface area contributed by atoms with Gasteiger partial charge in [-0.15, -0.1) is 0 Å². The van der Waals surface area contributed by atoms with Gasteiger partial charge in [-0.3, -0.25) is 9.59 Å². The number of amides is 3. The second-order valence-electron chi connectivity index (χ2n) is 4.33.